The SMILES string of the molecule is NC(=S)c1cccc(OCC(=O)NC2CCCCC2)c1. The van der Waals surface area contributed by atoms with Crippen LogP contribution in [0.15, 0.2) is 24.3 Å². The molecule has 0 aliphatic heterocycles. The average Bonchev–Trinajstić information content (AvgIpc) is 2.46. The van der Waals surface area contributed by atoms with Crippen molar-refractivity contribution in [2.75, 3.05) is 6.61 Å². The van der Waals surface area contributed by atoms with Crippen LogP contribution in [0.3, 0.4) is 0 Å². The van der Waals surface area contributed by atoms with E-state index in [-0.39, 0.29) is 12.5 Å². The van der Waals surface area contributed by atoms with Gasteiger partial charge in [0.05, 0.1) is 0 Å². The smallest absolute Gasteiger partial charge is 0.258 e. The molecule has 1 amide bonds. The number of ether oxygens (including phenoxy) is 1. The fourth-order valence-corrected chi connectivity index (χ4v) is 2.53. The molecule has 1 saturated carbocycles. The molecule has 0 bridgehead atoms. The first kappa shape index (κ1) is 14.8. The zero-order valence-corrected chi connectivity index (χ0v) is 12.2. The number of nitrogens with one attached hydrogen (secondary N) is 1. The molecule has 0 atom stereocenters. The molecule has 1 fully saturated rings. The molecule has 0 saturated heterocycles. The Kier molecular flexibility index (Phi) is 5.35. The second-order valence-corrected chi connectivity index (χ2v) is 5.52. The van der Waals surface area contributed by atoms with Crippen LogP contribution in [-0.2, 0) is 4.79 Å². The van der Waals surface area contributed by atoms with Crippen molar-refractivity contribution in [1.29, 1.82) is 0 Å². The summed E-state index contributed by atoms with van der Waals surface area (Å²) in [7, 11) is 0. The summed E-state index contributed by atoms with van der Waals surface area (Å²) in [6, 6.07) is 7.47. The Hall–Kier alpha value is -1.62. The molecule has 4 nitrogen and oxygen atoms in total. The maximum Gasteiger partial charge on any atom is 0.258 e. The number of hydrogen-bond donors (Lipinski definition) is 2. The Morgan fingerprint density at radius 1 is 1.35 bits per heavy atom. The van der Waals surface area contributed by atoms with Crippen LogP contribution in [0.4, 0.5) is 0 Å². The van der Waals surface area contributed by atoms with E-state index in [9.17, 15) is 4.79 Å². The highest BCUT2D eigenvalue weighted by molar-refractivity contribution is 7.80. The lowest BCUT2D eigenvalue weighted by Crippen LogP contribution is -2.38. The molecule has 0 heterocycles. The van der Waals surface area contributed by atoms with Crippen LogP contribution in [0.25, 0.3) is 0 Å². The molecule has 2 rings (SSSR count). The summed E-state index contributed by atoms with van der Waals surface area (Å²) in [5, 5.41) is 3.01. The van der Waals surface area contributed by atoms with Gasteiger partial charge in [-0.3, -0.25) is 4.79 Å². The summed E-state index contributed by atoms with van der Waals surface area (Å²) in [6.07, 6.45) is 5.81. The summed E-state index contributed by atoms with van der Waals surface area (Å²) in [5.41, 5.74) is 6.30. The minimum atomic E-state index is -0.0716. The Balaban J connectivity index is 1.80. The summed E-state index contributed by atoms with van der Waals surface area (Å²) >= 11 is 4.91. The van der Waals surface area contributed by atoms with E-state index in [4.69, 9.17) is 22.7 Å². The fraction of sp³-hybridized carbons (Fsp3) is 0.467. The summed E-state index contributed by atoms with van der Waals surface area (Å²) < 4.78 is 5.47. The van der Waals surface area contributed by atoms with E-state index in [1.165, 1.54) is 19.3 Å². The minimum absolute atomic E-state index is 0.0251. The number of hydrogen-bond acceptors (Lipinski definition) is 3. The number of carbonyl (C=O) groups excluding carboxylic acids is 1. The molecule has 20 heavy (non-hydrogen) atoms. The Bertz CT molecular complexity index is 485. The fourth-order valence-electron chi connectivity index (χ4n) is 2.40. The Morgan fingerprint density at radius 2 is 2.10 bits per heavy atom. The lowest BCUT2D eigenvalue weighted by molar-refractivity contribution is -0.124. The first-order chi connectivity index (χ1) is 9.65. The van der Waals surface area contributed by atoms with Gasteiger partial charge in [-0.15, -0.1) is 0 Å². The van der Waals surface area contributed by atoms with Crippen LogP contribution in [0.2, 0.25) is 0 Å². The molecular weight excluding hydrogens is 272 g/mol. The molecule has 1 aromatic carbocycles. The normalized spacial score (nSPS) is 15.6. The standard InChI is InChI=1S/C15H20N2O2S/c16-15(20)11-5-4-8-13(9-11)19-10-14(18)17-12-6-2-1-3-7-12/h4-5,8-9,12H,1-3,6-7,10H2,(H2,16,20)(H,17,18). The summed E-state index contributed by atoms with van der Waals surface area (Å²) in [4.78, 5) is 12.1. The van der Waals surface area contributed by atoms with Crippen LogP contribution < -0.4 is 15.8 Å². The highest BCUT2D eigenvalue weighted by atomic mass is 32.1. The van der Waals surface area contributed by atoms with Gasteiger partial charge in [0.25, 0.3) is 5.91 Å². The molecule has 1 aliphatic carbocycles. The quantitative estimate of drug-likeness (QED) is 0.816. The third-order valence-corrected chi connectivity index (χ3v) is 3.69. The molecule has 0 unspecified atom stereocenters. The zero-order valence-electron chi connectivity index (χ0n) is 11.4. The van der Waals surface area contributed by atoms with Gasteiger partial charge < -0.3 is 15.8 Å². The van der Waals surface area contributed by atoms with Crippen LogP contribution in [0, 0.1) is 0 Å². The highest BCUT2D eigenvalue weighted by Gasteiger charge is 2.15. The van der Waals surface area contributed by atoms with Crippen molar-refractivity contribution in [3.63, 3.8) is 0 Å². The minimum Gasteiger partial charge on any atom is -0.484 e. The molecular formula is C15H20N2O2S. The van der Waals surface area contributed by atoms with Crippen LogP contribution >= 0.6 is 12.2 Å². The maximum absolute atomic E-state index is 11.8. The van der Waals surface area contributed by atoms with Crippen molar-refractivity contribution in [2.24, 2.45) is 5.73 Å². The maximum atomic E-state index is 11.8. The van der Waals surface area contributed by atoms with Crippen molar-refractivity contribution < 1.29 is 9.53 Å². The first-order valence-corrected chi connectivity index (χ1v) is 7.38. The van der Waals surface area contributed by atoms with Gasteiger partial charge in [-0.2, -0.15) is 0 Å². The lowest BCUT2D eigenvalue weighted by Gasteiger charge is -2.22. The number of amides is 1. The third-order valence-electron chi connectivity index (χ3n) is 3.46. The third kappa shape index (κ3) is 4.49. The largest absolute Gasteiger partial charge is 0.484 e. The van der Waals surface area contributed by atoms with Crippen LogP contribution in [0.5, 0.6) is 5.75 Å². The monoisotopic (exact) mass is 292 g/mol. The second kappa shape index (κ2) is 7.24. The van der Waals surface area contributed by atoms with Crippen molar-refractivity contribution in [3.8, 4) is 5.75 Å². The number of thiocarbonyl (C=S) groups is 1. The van der Waals surface area contributed by atoms with Crippen LogP contribution in [0.1, 0.15) is 37.7 Å². The Labute approximate surface area is 124 Å². The van der Waals surface area contributed by atoms with E-state index in [0.717, 1.165) is 18.4 Å². The molecule has 0 radical (unpaired) electrons. The topological polar surface area (TPSA) is 64.3 Å². The molecule has 3 N–H and O–H groups in total. The summed E-state index contributed by atoms with van der Waals surface area (Å²) in [5.74, 6) is 0.534. The predicted octanol–water partition coefficient (Wildman–Crippen LogP) is 2.15. The number of nitrogens with two attached hydrogens (primary N) is 1. The molecule has 108 valence electrons. The van der Waals surface area contributed by atoms with Crippen molar-refractivity contribution in [3.05, 3.63) is 29.8 Å². The lowest BCUT2D eigenvalue weighted by atomic mass is 9.95. The van der Waals surface area contributed by atoms with Crippen LogP contribution in [-0.4, -0.2) is 23.5 Å². The predicted molar refractivity (Wildman–Crippen MR) is 82.8 cm³/mol. The molecule has 0 aromatic heterocycles. The molecule has 1 aromatic rings. The number of carbonyl (C=O) groups is 1. The Morgan fingerprint density at radius 3 is 2.80 bits per heavy atom. The van der Waals surface area contributed by atoms with Gasteiger partial charge >= 0.3 is 0 Å². The van der Waals surface area contributed by atoms with E-state index in [2.05, 4.69) is 5.32 Å². The van der Waals surface area contributed by atoms with E-state index < -0.39 is 0 Å². The van der Waals surface area contributed by atoms with Gasteiger partial charge in [0, 0.05) is 11.6 Å². The van der Waals surface area contributed by atoms with Gasteiger partial charge in [0.1, 0.15) is 10.7 Å². The van der Waals surface area contributed by atoms with Gasteiger partial charge in [-0.05, 0) is 25.0 Å². The van der Waals surface area contributed by atoms with Crippen molar-refractivity contribution in [2.45, 2.75) is 38.1 Å². The number of rotatable bonds is 5. The number of benzene rings is 1. The molecule has 5 heteroatoms. The average molecular weight is 292 g/mol. The van der Waals surface area contributed by atoms with E-state index in [0.29, 0.717) is 16.8 Å². The van der Waals surface area contributed by atoms with Crippen molar-refractivity contribution in [1.82, 2.24) is 5.32 Å². The van der Waals surface area contributed by atoms with E-state index in [1.54, 1.807) is 12.1 Å². The highest BCUT2D eigenvalue weighted by Crippen LogP contribution is 2.17. The van der Waals surface area contributed by atoms with Gasteiger partial charge in [-0.1, -0.05) is 43.6 Å². The second-order valence-electron chi connectivity index (χ2n) is 5.08. The van der Waals surface area contributed by atoms with E-state index >= 15 is 0 Å². The first-order valence-electron chi connectivity index (χ1n) is 6.97. The molecule has 1 aliphatic rings. The van der Waals surface area contributed by atoms with E-state index in [1.807, 2.05) is 12.1 Å². The molecule has 0 spiro atoms. The van der Waals surface area contributed by atoms with Gasteiger partial charge in [0.15, 0.2) is 6.61 Å². The van der Waals surface area contributed by atoms with Gasteiger partial charge in [0.2, 0.25) is 0 Å². The zero-order chi connectivity index (χ0) is 14.4. The summed E-state index contributed by atoms with van der Waals surface area (Å²) in [6.45, 7) is 0.0251. The van der Waals surface area contributed by atoms with Crippen molar-refractivity contribution >= 4 is 23.1 Å². The van der Waals surface area contributed by atoms with Gasteiger partial charge in [-0.25, -0.2) is 0 Å².